The molecule has 0 aromatic heterocycles. The Bertz CT molecular complexity index is 554. The van der Waals surface area contributed by atoms with E-state index in [1.165, 1.54) is 6.07 Å². The first-order valence-electron chi connectivity index (χ1n) is 4.57. The predicted octanol–water partition coefficient (Wildman–Crippen LogP) is 1.79. The second-order valence-electron chi connectivity index (χ2n) is 3.07. The van der Waals surface area contributed by atoms with Crippen LogP contribution in [0.25, 0.3) is 0 Å². The van der Waals surface area contributed by atoms with Crippen molar-refractivity contribution in [3.63, 3.8) is 0 Å². The molecule has 0 fully saturated rings. The Hall–Kier alpha value is -1.27. The SMILES string of the molecule is CCOc1ccc2c(c1)S(=O)(=O)N=C(Cl)N2. The van der Waals surface area contributed by atoms with Crippen LogP contribution in [-0.4, -0.2) is 20.3 Å². The highest BCUT2D eigenvalue weighted by Gasteiger charge is 2.24. The van der Waals surface area contributed by atoms with Gasteiger partial charge in [0, 0.05) is 6.07 Å². The number of ether oxygens (including phenoxy) is 1. The summed E-state index contributed by atoms with van der Waals surface area (Å²) in [4.78, 5) is 0.0721. The number of nitrogens with zero attached hydrogens (tertiary/aromatic N) is 1. The topological polar surface area (TPSA) is 67.8 Å². The molecule has 1 aromatic carbocycles. The van der Waals surface area contributed by atoms with Crippen molar-refractivity contribution in [1.82, 2.24) is 0 Å². The van der Waals surface area contributed by atoms with E-state index in [2.05, 4.69) is 9.71 Å². The van der Waals surface area contributed by atoms with E-state index >= 15 is 0 Å². The van der Waals surface area contributed by atoms with E-state index in [1.54, 1.807) is 12.1 Å². The molecular weight excluding hydrogens is 252 g/mol. The second-order valence-corrected chi connectivity index (χ2v) is 5.00. The lowest BCUT2D eigenvalue weighted by atomic mass is 10.3. The molecule has 1 aliphatic heterocycles. The number of fused-ring (bicyclic) bond motifs is 1. The van der Waals surface area contributed by atoms with E-state index < -0.39 is 10.0 Å². The third-order valence-corrected chi connectivity index (χ3v) is 3.58. The summed E-state index contributed by atoms with van der Waals surface area (Å²) in [6, 6.07) is 4.68. The maximum absolute atomic E-state index is 11.7. The molecule has 0 radical (unpaired) electrons. The van der Waals surface area contributed by atoms with Gasteiger partial charge in [-0.3, -0.25) is 0 Å². The molecule has 1 N–H and O–H groups in total. The van der Waals surface area contributed by atoms with Crippen LogP contribution in [0.1, 0.15) is 6.92 Å². The first kappa shape index (κ1) is 11.2. The number of halogens is 1. The number of amidine groups is 1. The highest BCUT2D eigenvalue weighted by Crippen LogP contribution is 2.31. The van der Waals surface area contributed by atoms with Gasteiger partial charge in [0.15, 0.2) is 0 Å². The third kappa shape index (κ3) is 1.98. The predicted molar refractivity (Wildman–Crippen MR) is 61.7 cm³/mol. The Kier molecular flexibility index (Phi) is 2.77. The smallest absolute Gasteiger partial charge is 0.287 e. The number of hydrogen-bond acceptors (Lipinski definition) is 4. The van der Waals surface area contributed by atoms with Crippen LogP contribution in [0, 0.1) is 0 Å². The van der Waals surface area contributed by atoms with Crippen LogP contribution < -0.4 is 10.1 Å². The lowest BCUT2D eigenvalue weighted by Gasteiger charge is -2.15. The Morgan fingerprint density at radius 2 is 2.25 bits per heavy atom. The minimum atomic E-state index is -3.72. The molecule has 0 aliphatic carbocycles. The van der Waals surface area contributed by atoms with Gasteiger partial charge >= 0.3 is 0 Å². The number of benzene rings is 1. The van der Waals surface area contributed by atoms with E-state index in [0.717, 1.165) is 0 Å². The number of sulfonamides is 1. The van der Waals surface area contributed by atoms with E-state index in [4.69, 9.17) is 16.3 Å². The van der Waals surface area contributed by atoms with Gasteiger partial charge < -0.3 is 10.1 Å². The summed E-state index contributed by atoms with van der Waals surface area (Å²) in [5, 5.41) is 2.51. The third-order valence-electron chi connectivity index (χ3n) is 1.98. The standard InChI is InChI=1S/C9H9ClN2O3S/c1-2-15-6-3-4-7-8(5-6)16(13,14)12-9(10)11-7/h3-5H,2H2,1H3,(H,11,12). The van der Waals surface area contributed by atoms with Crippen molar-refractivity contribution in [2.24, 2.45) is 4.40 Å². The summed E-state index contributed by atoms with van der Waals surface area (Å²) in [7, 11) is -3.72. The summed E-state index contributed by atoms with van der Waals surface area (Å²) in [6.45, 7) is 2.29. The van der Waals surface area contributed by atoms with Crippen LogP contribution in [0.4, 0.5) is 5.69 Å². The van der Waals surface area contributed by atoms with Crippen molar-refractivity contribution < 1.29 is 13.2 Å². The maximum Gasteiger partial charge on any atom is 0.287 e. The van der Waals surface area contributed by atoms with Crippen molar-refractivity contribution in [3.05, 3.63) is 18.2 Å². The van der Waals surface area contributed by atoms with Crippen LogP contribution in [0.3, 0.4) is 0 Å². The molecular formula is C9H9ClN2O3S. The van der Waals surface area contributed by atoms with Crippen molar-refractivity contribution in [1.29, 1.82) is 0 Å². The lowest BCUT2D eigenvalue weighted by molar-refractivity contribution is 0.339. The minimum Gasteiger partial charge on any atom is -0.494 e. The van der Waals surface area contributed by atoms with Gasteiger partial charge in [-0.2, -0.15) is 8.42 Å². The molecule has 1 heterocycles. The van der Waals surface area contributed by atoms with Crippen LogP contribution in [0.2, 0.25) is 0 Å². The molecule has 0 spiro atoms. The van der Waals surface area contributed by atoms with Crippen LogP contribution in [-0.2, 0) is 10.0 Å². The minimum absolute atomic E-state index is 0.0721. The van der Waals surface area contributed by atoms with Gasteiger partial charge in [0.25, 0.3) is 10.0 Å². The fourth-order valence-electron chi connectivity index (χ4n) is 1.36. The molecule has 86 valence electrons. The average Bonchev–Trinajstić information content (AvgIpc) is 2.18. The summed E-state index contributed by atoms with van der Waals surface area (Å²) in [5.74, 6) is 0.486. The Balaban J connectivity index is 2.54. The zero-order valence-corrected chi connectivity index (χ0v) is 9.97. The van der Waals surface area contributed by atoms with Crippen molar-refractivity contribution in [2.45, 2.75) is 11.8 Å². The number of rotatable bonds is 2. The van der Waals surface area contributed by atoms with Crippen molar-refractivity contribution >= 4 is 32.6 Å². The molecule has 7 heteroatoms. The molecule has 0 unspecified atom stereocenters. The van der Waals surface area contributed by atoms with E-state index in [9.17, 15) is 8.42 Å². The summed E-state index contributed by atoms with van der Waals surface area (Å²) in [6.07, 6.45) is 0. The van der Waals surface area contributed by atoms with Crippen molar-refractivity contribution in [2.75, 3.05) is 11.9 Å². The summed E-state index contributed by atoms with van der Waals surface area (Å²) < 4.78 is 31.9. The molecule has 1 aromatic rings. The van der Waals surface area contributed by atoms with Gasteiger partial charge in [0.2, 0.25) is 5.29 Å². The van der Waals surface area contributed by atoms with E-state index in [-0.39, 0.29) is 10.2 Å². The second kappa shape index (κ2) is 3.95. The quantitative estimate of drug-likeness (QED) is 0.824. The summed E-state index contributed by atoms with van der Waals surface area (Å²) >= 11 is 5.56. The highest BCUT2D eigenvalue weighted by atomic mass is 35.5. The molecule has 0 amide bonds. The van der Waals surface area contributed by atoms with Gasteiger partial charge in [-0.05, 0) is 30.7 Å². The highest BCUT2D eigenvalue weighted by molar-refractivity contribution is 7.90. The Labute approximate surface area is 98.1 Å². The molecule has 2 rings (SSSR count). The van der Waals surface area contributed by atoms with Crippen molar-refractivity contribution in [3.8, 4) is 5.75 Å². The van der Waals surface area contributed by atoms with E-state index in [1.807, 2.05) is 6.92 Å². The molecule has 1 aliphatic rings. The monoisotopic (exact) mass is 260 g/mol. The molecule has 0 bridgehead atoms. The zero-order valence-electron chi connectivity index (χ0n) is 8.40. The lowest BCUT2D eigenvalue weighted by Crippen LogP contribution is -2.16. The van der Waals surface area contributed by atoms with Gasteiger partial charge in [0.05, 0.1) is 12.3 Å². The van der Waals surface area contributed by atoms with Gasteiger partial charge in [-0.1, -0.05) is 0 Å². The van der Waals surface area contributed by atoms with Crippen LogP contribution >= 0.6 is 11.6 Å². The summed E-state index contributed by atoms with van der Waals surface area (Å²) in [5.41, 5.74) is 0.406. The molecule has 0 atom stereocenters. The maximum atomic E-state index is 11.7. The van der Waals surface area contributed by atoms with Gasteiger partial charge in [-0.25, -0.2) is 0 Å². The molecule has 0 saturated carbocycles. The average molecular weight is 261 g/mol. The van der Waals surface area contributed by atoms with Crippen LogP contribution in [0.15, 0.2) is 27.5 Å². The normalized spacial score (nSPS) is 17.0. The Morgan fingerprint density at radius 3 is 2.94 bits per heavy atom. The largest absolute Gasteiger partial charge is 0.494 e. The van der Waals surface area contributed by atoms with E-state index in [0.29, 0.717) is 18.0 Å². The number of hydrogen-bond donors (Lipinski definition) is 1. The number of anilines is 1. The number of nitrogens with one attached hydrogen (secondary N) is 1. The fourth-order valence-corrected chi connectivity index (χ4v) is 2.76. The van der Waals surface area contributed by atoms with Gasteiger partial charge in [-0.15, -0.1) is 4.40 Å². The van der Waals surface area contributed by atoms with Gasteiger partial charge in [0.1, 0.15) is 10.6 Å². The first-order valence-corrected chi connectivity index (χ1v) is 6.39. The molecule has 5 nitrogen and oxygen atoms in total. The fraction of sp³-hybridized carbons (Fsp3) is 0.222. The van der Waals surface area contributed by atoms with Crippen LogP contribution in [0.5, 0.6) is 5.75 Å². The molecule has 16 heavy (non-hydrogen) atoms. The zero-order chi connectivity index (χ0) is 11.8. The molecule has 0 saturated heterocycles. The Morgan fingerprint density at radius 1 is 1.50 bits per heavy atom. The first-order chi connectivity index (χ1) is 7.53.